The number of hydrogen-bond donors (Lipinski definition) is 0. The van der Waals surface area contributed by atoms with Crippen molar-refractivity contribution in [1.82, 2.24) is 0 Å². The summed E-state index contributed by atoms with van der Waals surface area (Å²) in [5.41, 5.74) is 0.956. The second kappa shape index (κ2) is 5.60. The van der Waals surface area contributed by atoms with Crippen molar-refractivity contribution in [3.63, 3.8) is 0 Å². The highest BCUT2D eigenvalue weighted by Gasteiger charge is 2.12. The fraction of sp³-hybridized carbons (Fsp3) is 0.143. The van der Waals surface area contributed by atoms with Gasteiger partial charge in [0.15, 0.2) is 0 Å². The lowest BCUT2D eigenvalue weighted by molar-refractivity contribution is -0.146. The molecule has 0 spiro atoms. The van der Waals surface area contributed by atoms with Gasteiger partial charge in [-0.1, -0.05) is 54.6 Å². The van der Waals surface area contributed by atoms with Gasteiger partial charge in [-0.25, -0.2) is 0 Å². The normalized spacial score (nSPS) is 11.4. The number of carbonyl (C=O) groups excluding carboxylic acids is 2. The van der Waals surface area contributed by atoms with Gasteiger partial charge < -0.3 is 4.74 Å². The number of hydrogen-bond acceptors (Lipinski definition) is 3. The molecule has 0 aromatic heterocycles. The van der Waals surface area contributed by atoms with Gasteiger partial charge in [-0.3, -0.25) is 9.59 Å². The molecule has 0 fully saturated rings. The van der Waals surface area contributed by atoms with E-state index in [2.05, 4.69) is 48.5 Å². The van der Waals surface area contributed by atoms with E-state index in [0.29, 0.717) is 0 Å². The number of Topliss-reactive ketones (excluding diaryl/α,β-unsaturated/α-hetero) is 1. The summed E-state index contributed by atoms with van der Waals surface area (Å²) in [5, 5.41) is 7.11. The predicted octanol–water partition coefficient (Wildman–Crippen LogP) is 4.61. The summed E-state index contributed by atoms with van der Waals surface area (Å²) in [7, 11) is 0. The Labute approximate surface area is 139 Å². The highest BCUT2D eigenvalue weighted by molar-refractivity contribution is 6.23. The third-order valence-corrected chi connectivity index (χ3v) is 4.40. The molecule has 0 radical (unpaired) electrons. The Bertz CT molecular complexity index is 1060. The number of ether oxygens (including phenoxy) is 1. The lowest BCUT2D eigenvalue weighted by atomic mass is 9.92. The van der Waals surface area contributed by atoms with E-state index in [1.54, 1.807) is 0 Å². The Kier molecular flexibility index (Phi) is 3.42. The van der Waals surface area contributed by atoms with Crippen molar-refractivity contribution in [2.24, 2.45) is 0 Å². The van der Waals surface area contributed by atoms with E-state index in [-0.39, 0.29) is 18.8 Å². The Morgan fingerprint density at radius 1 is 0.833 bits per heavy atom. The molecule has 4 aromatic carbocycles. The molecule has 0 heterocycles. The van der Waals surface area contributed by atoms with Gasteiger partial charge in [-0.05, 0) is 44.8 Å². The third-order valence-electron chi connectivity index (χ3n) is 4.40. The summed E-state index contributed by atoms with van der Waals surface area (Å²) < 4.78 is 5.27. The van der Waals surface area contributed by atoms with E-state index in [4.69, 9.17) is 4.74 Å². The maximum Gasteiger partial charge on any atom is 0.313 e. The second-order valence-corrected chi connectivity index (χ2v) is 6.12. The molecular formula is C21H16O3. The monoisotopic (exact) mass is 316 g/mol. The van der Waals surface area contributed by atoms with E-state index in [1.807, 2.05) is 6.07 Å². The average Bonchev–Trinajstić information content (AvgIpc) is 2.58. The number of esters is 1. The van der Waals surface area contributed by atoms with Crippen molar-refractivity contribution in [3.8, 4) is 0 Å². The number of benzene rings is 4. The van der Waals surface area contributed by atoms with E-state index in [1.165, 1.54) is 33.9 Å². The van der Waals surface area contributed by atoms with Crippen molar-refractivity contribution in [1.29, 1.82) is 0 Å². The lowest BCUT2D eigenvalue weighted by Crippen LogP contribution is -2.09. The first-order valence-corrected chi connectivity index (χ1v) is 7.94. The van der Waals surface area contributed by atoms with Crippen LogP contribution in [0.3, 0.4) is 0 Å². The molecule has 4 aromatic rings. The quantitative estimate of drug-likeness (QED) is 0.314. The van der Waals surface area contributed by atoms with Crippen LogP contribution in [0.25, 0.3) is 32.3 Å². The van der Waals surface area contributed by atoms with Crippen LogP contribution in [0.2, 0.25) is 0 Å². The Morgan fingerprint density at radius 3 is 2.17 bits per heavy atom. The van der Waals surface area contributed by atoms with Gasteiger partial charge in [0.1, 0.15) is 18.8 Å². The number of rotatable bonds is 4. The highest BCUT2D eigenvalue weighted by Crippen LogP contribution is 2.36. The van der Waals surface area contributed by atoms with Gasteiger partial charge in [-0.15, -0.1) is 0 Å². The van der Waals surface area contributed by atoms with Crippen molar-refractivity contribution < 1.29 is 14.3 Å². The van der Waals surface area contributed by atoms with Crippen molar-refractivity contribution in [2.75, 3.05) is 0 Å². The van der Waals surface area contributed by atoms with Crippen molar-refractivity contribution >= 4 is 44.1 Å². The summed E-state index contributed by atoms with van der Waals surface area (Å²) in [6.45, 7) is 1.57. The van der Waals surface area contributed by atoms with Gasteiger partial charge in [0, 0.05) is 0 Å². The van der Waals surface area contributed by atoms with Crippen molar-refractivity contribution in [2.45, 2.75) is 20.0 Å². The van der Waals surface area contributed by atoms with E-state index < -0.39 is 5.97 Å². The molecule has 0 saturated heterocycles. The molecule has 0 N–H and O–H groups in total. The molecule has 0 aliphatic heterocycles. The average molecular weight is 316 g/mol. The summed E-state index contributed by atoms with van der Waals surface area (Å²) in [6.07, 6.45) is -0.175. The van der Waals surface area contributed by atoms with Crippen molar-refractivity contribution in [3.05, 3.63) is 60.2 Å². The molecule has 3 heteroatoms. The zero-order valence-electron chi connectivity index (χ0n) is 13.3. The Hall–Kier alpha value is -2.94. The molecule has 4 rings (SSSR count). The summed E-state index contributed by atoms with van der Waals surface area (Å²) in [6, 6.07) is 18.8. The zero-order valence-corrected chi connectivity index (χ0v) is 13.3. The van der Waals surface area contributed by atoms with Crippen LogP contribution in [0.15, 0.2) is 54.6 Å². The summed E-state index contributed by atoms with van der Waals surface area (Å²) in [5.74, 6) is -0.663. The molecular weight excluding hydrogens is 300 g/mol. The first-order chi connectivity index (χ1) is 11.6. The first-order valence-electron chi connectivity index (χ1n) is 7.94. The van der Waals surface area contributed by atoms with Crippen LogP contribution in [0, 0.1) is 0 Å². The van der Waals surface area contributed by atoms with Crippen LogP contribution in [0.1, 0.15) is 18.9 Å². The van der Waals surface area contributed by atoms with Crippen LogP contribution in [-0.4, -0.2) is 11.8 Å². The fourth-order valence-electron chi connectivity index (χ4n) is 3.33. The van der Waals surface area contributed by atoms with E-state index in [0.717, 1.165) is 10.9 Å². The van der Waals surface area contributed by atoms with Gasteiger partial charge in [0.2, 0.25) is 0 Å². The Morgan fingerprint density at radius 2 is 1.46 bits per heavy atom. The molecule has 0 amide bonds. The fourth-order valence-corrected chi connectivity index (χ4v) is 3.33. The van der Waals surface area contributed by atoms with Gasteiger partial charge >= 0.3 is 5.97 Å². The molecule has 3 nitrogen and oxygen atoms in total. The van der Waals surface area contributed by atoms with Crippen LogP contribution >= 0.6 is 0 Å². The smallest absolute Gasteiger partial charge is 0.313 e. The second-order valence-electron chi connectivity index (χ2n) is 6.12. The zero-order chi connectivity index (χ0) is 16.7. The van der Waals surface area contributed by atoms with Crippen LogP contribution < -0.4 is 0 Å². The number of carbonyl (C=O) groups is 2. The molecule has 118 valence electrons. The standard InChI is InChI=1S/C21H16O3/c1-13(22)11-19(23)24-12-17-8-7-16-6-5-14-3-2-4-15-9-10-18(17)21(16)20(14)15/h2-10H,11-12H2,1H3. The van der Waals surface area contributed by atoms with E-state index >= 15 is 0 Å². The molecule has 0 bridgehead atoms. The summed E-state index contributed by atoms with van der Waals surface area (Å²) >= 11 is 0. The molecule has 24 heavy (non-hydrogen) atoms. The third kappa shape index (κ3) is 2.38. The van der Waals surface area contributed by atoms with Crippen LogP contribution in [0.4, 0.5) is 0 Å². The minimum atomic E-state index is -0.479. The maximum atomic E-state index is 11.7. The van der Waals surface area contributed by atoms with E-state index in [9.17, 15) is 9.59 Å². The largest absolute Gasteiger partial charge is 0.460 e. The van der Waals surface area contributed by atoms with Gasteiger partial charge in [0.05, 0.1) is 0 Å². The van der Waals surface area contributed by atoms with Crippen LogP contribution in [-0.2, 0) is 20.9 Å². The molecule has 0 aliphatic carbocycles. The number of ketones is 1. The van der Waals surface area contributed by atoms with Crippen LogP contribution in [0.5, 0.6) is 0 Å². The first kappa shape index (κ1) is 14.6. The lowest BCUT2D eigenvalue weighted by Gasteiger charge is -2.14. The molecule has 0 aliphatic rings. The molecule has 0 unspecified atom stereocenters. The molecule has 0 atom stereocenters. The molecule has 0 saturated carbocycles. The summed E-state index contributed by atoms with van der Waals surface area (Å²) in [4.78, 5) is 22.7. The topological polar surface area (TPSA) is 43.4 Å². The minimum absolute atomic E-state index is 0.175. The SMILES string of the molecule is CC(=O)CC(=O)OCc1ccc2ccc3cccc4ccc1c2c34. The maximum absolute atomic E-state index is 11.7. The minimum Gasteiger partial charge on any atom is -0.460 e. The highest BCUT2D eigenvalue weighted by atomic mass is 16.5. The van der Waals surface area contributed by atoms with Gasteiger partial charge in [0.25, 0.3) is 0 Å². The Balaban J connectivity index is 1.82. The van der Waals surface area contributed by atoms with Gasteiger partial charge in [-0.2, -0.15) is 0 Å². The predicted molar refractivity (Wildman–Crippen MR) is 95.2 cm³/mol.